The molecule has 0 amide bonds. The third-order valence-corrected chi connectivity index (χ3v) is 5.62. The van der Waals surface area contributed by atoms with Gasteiger partial charge in [-0.3, -0.25) is 9.97 Å². The van der Waals surface area contributed by atoms with Crippen LogP contribution in [0.15, 0.2) is 66.2 Å². The molecule has 0 unspecified atom stereocenters. The number of pyridine rings is 3. The van der Waals surface area contributed by atoms with Gasteiger partial charge in [0.15, 0.2) is 0 Å². The largest absolute Gasteiger partial charge is 0.506 e. The van der Waals surface area contributed by atoms with Gasteiger partial charge < -0.3 is 14.6 Å². The van der Waals surface area contributed by atoms with Crippen molar-refractivity contribution in [3.63, 3.8) is 0 Å². The summed E-state index contributed by atoms with van der Waals surface area (Å²) in [6.45, 7) is 1.93. The summed E-state index contributed by atoms with van der Waals surface area (Å²) >= 11 is 0. The number of hydrogen-bond donors (Lipinski definition) is 1. The molecule has 0 bridgehead atoms. The number of aryl methyl sites for hydroxylation is 1. The molecule has 2 aliphatic rings. The van der Waals surface area contributed by atoms with Crippen LogP contribution in [-0.4, -0.2) is 32.0 Å². The minimum Gasteiger partial charge on any atom is -0.506 e. The zero-order chi connectivity index (χ0) is 20.9. The topological polar surface area (TPSA) is 89.7 Å². The fraction of sp³-hybridized carbons (Fsp3) is 0.167. The van der Waals surface area contributed by atoms with Crippen LogP contribution in [-0.2, 0) is 11.2 Å². The van der Waals surface area contributed by atoms with E-state index in [1.165, 1.54) is 5.56 Å². The van der Waals surface area contributed by atoms with E-state index in [2.05, 4.69) is 15.0 Å². The maximum atomic E-state index is 10.2. The van der Waals surface area contributed by atoms with E-state index >= 15 is 0 Å². The highest BCUT2D eigenvalue weighted by Crippen LogP contribution is 2.40. The normalized spacial score (nSPS) is 18.9. The zero-order valence-corrected chi connectivity index (χ0v) is 16.7. The summed E-state index contributed by atoms with van der Waals surface area (Å²) in [5.41, 5.74) is 4.56. The molecule has 1 aromatic carbocycles. The van der Waals surface area contributed by atoms with Crippen molar-refractivity contribution in [2.45, 2.75) is 25.5 Å². The number of fused-ring (bicyclic) bond motifs is 4. The Bertz CT molecular complexity index is 1370. The predicted octanol–water partition coefficient (Wildman–Crippen LogP) is 4.27. The lowest BCUT2D eigenvalue weighted by atomic mass is 10.1. The average Bonchev–Trinajstić information content (AvgIpc) is 3.33. The molecule has 2 atom stereocenters. The predicted molar refractivity (Wildman–Crippen MR) is 115 cm³/mol. The van der Waals surface area contributed by atoms with Crippen molar-refractivity contribution in [3.8, 4) is 17.4 Å². The van der Waals surface area contributed by atoms with Gasteiger partial charge in [0.2, 0.25) is 11.8 Å². The van der Waals surface area contributed by atoms with Crippen molar-refractivity contribution in [2.24, 2.45) is 4.99 Å². The quantitative estimate of drug-likeness (QED) is 0.542. The van der Waals surface area contributed by atoms with Crippen molar-refractivity contribution in [2.75, 3.05) is 0 Å². The van der Waals surface area contributed by atoms with Crippen LogP contribution in [0.1, 0.15) is 28.4 Å². The molecular weight excluding hydrogens is 392 g/mol. The zero-order valence-electron chi connectivity index (χ0n) is 16.7. The highest BCUT2D eigenvalue weighted by Gasteiger charge is 2.39. The molecule has 1 aliphatic heterocycles. The molecule has 3 aromatic heterocycles. The van der Waals surface area contributed by atoms with Gasteiger partial charge in [-0.1, -0.05) is 0 Å². The van der Waals surface area contributed by atoms with Crippen molar-refractivity contribution >= 4 is 16.8 Å². The fourth-order valence-electron chi connectivity index (χ4n) is 4.24. The Morgan fingerprint density at radius 1 is 1.06 bits per heavy atom. The Hall–Kier alpha value is -4.00. The number of nitrogens with zero attached hydrogens (tertiary/aromatic N) is 4. The molecule has 4 aromatic rings. The van der Waals surface area contributed by atoms with E-state index < -0.39 is 0 Å². The summed E-state index contributed by atoms with van der Waals surface area (Å²) in [5.74, 6) is 1.58. The number of aromatic hydroxyl groups is 1. The first-order chi connectivity index (χ1) is 15.1. The smallest absolute Gasteiger partial charge is 0.220 e. The lowest BCUT2D eigenvalue weighted by molar-refractivity contribution is 0.209. The molecule has 1 N–H and O–H groups in total. The van der Waals surface area contributed by atoms with Gasteiger partial charge in [0, 0.05) is 42.0 Å². The molecule has 0 radical (unpaired) electrons. The molecule has 0 spiro atoms. The number of aliphatic imine (C=N–C) groups is 1. The van der Waals surface area contributed by atoms with E-state index in [1.54, 1.807) is 30.7 Å². The van der Waals surface area contributed by atoms with Crippen LogP contribution in [0.25, 0.3) is 10.9 Å². The molecular formula is C24H18N4O3. The summed E-state index contributed by atoms with van der Waals surface area (Å²) in [5, 5.41) is 11.1. The number of rotatable bonds is 3. The summed E-state index contributed by atoms with van der Waals surface area (Å²) in [7, 11) is 0. The van der Waals surface area contributed by atoms with Gasteiger partial charge in [-0.25, -0.2) is 9.98 Å². The summed E-state index contributed by atoms with van der Waals surface area (Å²) in [6.07, 6.45) is 7.74. The van der Waals surface area contributed by atoms with E-state index in [0.717, 1.165) is 28.5 Å². The number of ether oxygens (including phenoxy) is 2. The van der Waals surface area contributed by atoms with E-state index in [9.17, 15) is 5.11 Å². The first-order valence-electron chi connectivity index (χ1n) is 10.0. The second-order valence-electron chi connectivity index (χ2n) is 7.84. The third kappa shape index (κ3) is 3.06. The second kappa shape index (κ2) is 6.77. The first-order valence-corrected chi connectivity index (χ1v) is 10.0. The Morgan fingerprint density at radius 3 is 2.94 bits per heavy atom. The van der Waals surface area contributed by atoms with Gasteiger partial charge in [-0.15, -0.1) is 0 Å². The van der Waals surface area contributed by atoms with Crippen LogP contribution >= 0.6 is 0 Å². The van der Waals surface area contributed by atoms with Crippen LogP contribution in [0.3, 0.4) is 0 Å². The molecule has 31 heavy (non-hydrogen) atoms. The van der Waals surface area contributed by atoms with Gasteiger partial charge in [0.1, 0.15) is 23.1 Å². The van der Waals surface area contributed by atoms with Crippen LogP contribution in [0.4, 0.5) is 0 Å². The highest BCUT2D eigenvalue weighted by atomic mass is 16.5. The van der Waals surface area contributed by atoms with Crippen LogP contribution in [0, 0.1) is 6.92 Å². The maximum Gasteiger partial charge on any atom is 0.220 e. The molecule has 4 heterocycles. The van der Waals surface area contributed by atoms with Crippen molar-refractivity contribution in [1.29, 1.82) is 0 Å². The van der Waals surface area contributed by atoms with Crippen molar-refractivity contribution in [1.82, 2.24) is 15.0 Å². The van der Waals surface area contributed by atoms with Gasteiger partial charge in [-0.05, 0) is 48.4 Å². The van der Waals surface area contributed by atoms with Crippen LogP contribution in [0.5, 0.6) is 17.4 Å². The third-order valence-electron chi connectivity index (χ3n) is 5.62. The van der Waals surface area contributed by atoms with Gasteiger partial charge in [0.05, 0.1) is 17.8 Å². The minimum absolute atomic E-state index is 0.0624. The van der Waals surface area contributed by atoms with Crippen LogP contribution < -0.4 is 4.74 Å². The number of phenolic OH excluding ortho intramolecular Hbond substituents is 1. The monoisotopic (exact) mass is 410 g/mol. The number of aromatic nitrogens is 3. The first kappa shape index (κ1) is 17.8. The molecule has 0 fully saturated rings. The van der Waals surface area contributed by atoms with Crippen molar-refractivity contribution in [3.05, 3.63) is 83.4 Å². The summed E-state index contributed by atoms with van der Waals surface area (Å²) in [4.78, 5) is 17.7. The fourth-order valence-corrected chi connectivity index (χ4v) is 4.24. The van der Waals surface area contributed by atoms with E-state index in [0.29, 0.717) is 23.0 Å². The van der Waals surface area contributed by atoms with Gasteiger partial charge in [0.25, 0.3) is 0 Å². The van der Waals surface area contributed by atoms with Gasteiger partial charge in [-0.2, -0.15) is 0 Å². The van der Waals surface area contributed by atoms with E-state index in [-0.39, 0.29) is 17.9 Å². The second-order valence-corrected chi connectivity index (χ2v) is 7.84. The molecule has 7 heteroatoms. The SMILES string of the molecule is Cc1cc(O)c2nc(Oc3cncc(C4=N[C@H]5Cc6cnccc6[C@H]5O4)c3)ccc2c1. The lowest BCUT2D eigenvalue weighted by Crippen LogP contribution is -2.08. The number of benzene rings is 1. The molecule has 1 aliphatic carbocycles. The lowest BCUT2D eigenvalue weighted by Gasteiger charge is -2.11. The summed E-state index contributed by atoms with van der Waals surface area (Å²) < 4.78 is 12.1. The van der Waals surface area contributed by atoms with E-state index in [1.807, 2.05) is 37.4 Å². The number of phenols is 1. The molecule has 152 valence electrons. The summed E-state index contributed by atoms with van der Waals surface area (Å²) in [6, 6.07) is 11.2. The highest BCUT2D eigenvalue weighted by molar-refractivity contribution is 5.95. The van der Waals surface area contributed by atoms with Gasteiger partial charge >= 0.3 is 0 Å². The molecule has 6 rings (SSSR count). The van der Waals surface area contributed by atoms with E-state index in [4.69, 9.17) is 14.5 Å². The Labute approximate surface area is 178 Å². The Kier molecular flexibility index (Phi) is 3.89. The average molecular weight is 410 g/mol. The maximum absolute atomic E-state index is 10.2. The minimum atomic E-state index is -0.0776. The molecule has 0 saturated carbocycles. The molecule has 0 saturated heterocycles. The molecule has 7 nitrogen and oxygen atoms in total. The van der Waals surface area contributed by atoms with Crippen LogP contribution in [0.2, 0.25) is 0 Å². The van der Waals surface area contributed by atoms with Crippen molar-refractivity contribution < 1.29 is 14.6 Å². The standard InChI is InChI=1S/C24H18N4O3/c1-13-6-14-2-3-21(28-22(14)20(29)7-13)30-17-8-16(11-26-12-17)24-27-19-9-15-10-25-5-4-18(15)23(19)31-24/h2-8,10-12,19,23,29H,9H2,1H3/t19-,23+/m0/s1. The Morgan fingerprint density at radius 2 is 2.00 bits per heavy atom. The number of hydrogen-bond acceptors (Lipinski definition) is 7. The Balaban J connectivity index is 1.26.